The highest BCUT2D eigenvalue weighted by Crippen LogP contribution is 2.29. The molecule has 0 atom stereocenters. The Bertz CT molecular complexity index is 395. The number of aliphatic hydroxyl groups excluding tert-OH is 1. The molecule has 5 nitrogen and oxygen atoms in total. The number of anilines is 1. The van der Waals surface area contributed by atoms with Gasteiger partial charge in [0, 0.05) is 6.07 Å². The molecule has 3 N–H and O–H groups in total. The first-order valence-corrected chi connectivity index (χ1v) is 4.89. The first-order chi connectivity index (χ1) is 7.60. The number of carbonyl (C=O) groups is 1. The number of nitrogens with two attached hydrogens (primary N) is 1. The van der Waals surface area contributed by atoms with Crippen LogP contribution in [0.2, 0.25) is 5.02 Å². The number of benzene rings is 1. The second kappa shape index (κ2) is 5.58. The molecule has 1 aromatic carbocycles. The van der Waals surface area contributed by atoms with Crippen LogP contribution in [0.5, 0.6) is 5.75 Å². The van der Waals surface area contributed by atoms with Crippen molar-refractivity contribution in [3.05, 3.63) is 22.7 Å². The molecule has 16 heavy (non-hydrogen) atoms. The van der Waals surface area contributed by atoms with Gasteiger partial charge < -0.3 is 20.3 Å². The van der Waals surface area contributed by atoms with E-state index in [0.29, 0.717) is 5.69 Å². The zero-order chi connectivity index (χ0) is 12.1. The summed E-state index contributed by atoms with van der Waals surface area (Å²) in [7, 11) is 1.25. The summed E-state index contributed by atoms with van der Waals surface area (Å²) < 4.78 is 9.73. The summed E-state index contributed by atoms with van der Waals surface area (Å²) in [5.74, 6) is -0.336. The van der Waals surface area contributed by atoms with Crippen molar-refractivity contribution in [2.24, 2.45) is 0 Å². The lowest BCUT2D eigenvalue weighted by atomic mass is 10.2. The fraction of sp³-hybridized carbons (Fsp3) is 0.300. The molecule has 0 fully saturated rings. The molecule has 0 heterocycles. The second-order valence-corrected chi connectivity index (χ2v) is 3.34. The number of rotatable bonds is 4. The van der Waals surface area contributed by atoms with Gasteiger partial charge in [0.1, 0.15) is 17.9 Å². The number of halogens is 1. The van der Waals surface area contributed by atoms with E-state index in [0.717, 1.165) is 0 Å². The standard InChI is InChI=1S/C10H12ClNO4/c1-15-10(14)6-4-7(11)8(12)5-9(6)16-3-2-13/h4-5,13H,2-3,12H2,1H3. The Balaban J connectivity index is 3.11. The van der Waals surface area contributed by atoms with Gasteiger partial charge in [-0.05, 0) is 6.07 Å². The van der Waals surface area contributed by atoms with Crippen LogP contribution in [-0.4, -0.2) is 31.4 Å². The molecule has 0 spiro atoms. The Morgan fingerprint density at radius 3 is 2.81 bits per heavy atom. The van der Waals surface area contributed by atoms with E-state index in [1.165, 1.54) is 19.2 Å². The van der Waals surface area contributed by atoms with E-state index in [4.69, 9.17) is 27.2 Å². The average molecular weight is 246 g/mol. The number of hydrogen-bond acceptors (Lipinski definition) is 5. The fourth-order valence-corrected chi connectivity index (χ4v) is 1.28. The van der Waals surface area contributed by atoms with Gasteiger partial charge in [0.25, 0.3) is 0 Å². The Morgan fingerprint density at radius 2 is 2.25 bits per heavy atom. The molecule has 0 saturated heterocycles. The highest BCUT2D eigenvalue weighted by atomic mass is 35.5. The average Bonchev–Trinajstić information content (AvgIpc) is 2.29. The maximum absolute atomic E-state index is 11.4. The van der Waals surface area contributed by atoms with E-state index in [1.54, 1.807) is 0 Å². The number of hydrogen-bond donors (Lipinski definition) is 2. The highest BCUT2D eigenvalue weighted by molar-refractivity contribution is 6.33. The highest BCUT2D eigenvalue weighted by Gasteiger charge is 2.15. The van der Waals surface area contributed by atoms with Crippen LogP contribution in [0, 0.1) is 0 Å². The Labute approximate surface area is 97.7 Å². The lowest BCUT2D eigenvalue weighted by Crippen LogP contribution is -2.09. The Hall–Kier alpha value is -1.46. The van der Waals surface area contributed by atoms with Crippen molar-refractivity contribution in [1.29, 1.82) is 0 Å². The minimum absolute atomic E-state index is 0.0606. The molecule has 0 radical (unpaired) electrons. The summed E-state index contributed by atoms with van der Waals surface area (Å²) in [5.41, 5.74) is 6.05. The molecule has 1 aromatic rings. The number of ether oxygens (including phenoxy) is 2. The van der Waals surface area contributed by atoms with Gasteiger partial charge in [-0.25, -0.2) is 4.79 Å². The van der Waals surface area contributed by atoms with Crippen molar-refractivity contribution < 1.29 is 19.4 Å². The summed E-state index contributed by atoms with van der Waals surface area (Å²) >= 11 is 5.78. The summed E-state index contributed by atoms with van der Waals surface area (Å²) in [5, 5.41) is 8.89. The molecule has 0 amide bonds. The maximum atomic E-state index is 11.4. The molecule has 6 heteroatoms. The van der Waals surface area contributed by atoms with Gasteiger partial charge in [-0.3, -0.25) is 0 Å². The summed E-state index contributed by atoms with van der Waals surface area (Å²) in [4.78, 5) is 11.4. The minimum Gasteiger partial charge on any atom is -0.490 e. The van der Waals surface area contributed by atoms with Crippen LogP contribution in [0.1, 0.15) is 10.4 Å². The number of aliphatic hydroxyl groups is 1. The van der Waals surface area contributed by atoms with Crippen molar-refractivity contribution in [2.45, 2.75) is 0 Å². The summed E-state index contributed by atoms with van der Waals surface area (Å²) in [6.07, 6.45) is 0. The van der Waals surface area contributed by atoms with Gasteiger partial charge in [0.15, 0.2) is 0 Å². The molecule has 0 unspecified atom stereocenters. The van der Waals surface area contributed by atoms with Crippen LogP contribution in [0.15, 0.2) is 12.1 Å². The van der Waals surface area contributed by atoms with Crippen LogP contribution in [0.4, 0.5) is 5.69 Å². The predicted octanol–water partition coefficient (Wildman–Crippen LogP) is 1.08. The largest absolute Gasteiger partial charge is 0.490 e. The molecule has 88 valence electrons. The Kier molecular flexibility index (Phi) is 4.39. The van der Waals surface area contributed by atoms with Crippen molar-refractivity contribution in [3.8, 4) is 5.75 Å². The van der Waals surface area contributed by atoms with Crippen LogP contribution in [0.3, 0.4) is 0 Å². The van der Waals surface area contributed by atoms with Gasteiger partial charge >= 0.3 is 5.97 Å². The minimum atomic E-state index is -0.574. The van der Waals surface area contributed by atoms with Gasteiger partial charge in [0.2, 0.25) is 0 Å². The molecular formula is C10H12ClNO4. The zero-order valence-corrected chi connectivity index (χ0v) is 9.45. The van der Waals surface area contributed by atoms with Crippen molar-refractivity contribution in [2.75, 3.05) is 26.1 Å². The lowest BCUT2D eigenvalue weighted by molar-refractivity contribution is 0.0594. The van der Waals surface area contributed by atoms with Crippen molar-refractivity contribution in [1.82, 2.24) is 0 Å². The van der Waals surface area contributed by atoms with Crippen LogP contribution in [-0.2, 0) is 4.74 Å². The van der Waals surface area contributed by atoms with E-state index in [-0.39, 0.29) is 29.5 Å². The first-order valence-electron chi connectivity index (χ1n) is 4.51. The van der Waals surface area contributed by atoms with E-state index < -0.39 is 5.97 Å². The monoisotopic (exact) mass is 245 g/mol. The third-order valence-corrected chi connectivity index (χ3v) is 2.18. The van der Waals surface area contributed by atoms with Crippen molar-refractivity contribution in [3.63, 3.8) is 0 Å². The molecule has 0 aromatic heterocycles. The molecular weight excluding hydrogens is 234 g/mol. The quantitative estimate of drug-likeness (QED) is 0.613. The fourth-order valence-electron chi connectivity index (χ4n) is 1.11. The predicted molar refractivity (Wildman–Crippen MR) is 59.8 cm³/mol. The zero-order valence-electron chi connectivity index (χ0n) is 8.70. The summed E-state index contributed by atoms with van der Waals surface area (Å²) in [6.45, 7) is -0.103. The topological polar surface area (TPSA) is 81.8 Å². The van der Waals surface area contributed by atoms with Crippen molar-refractivity contribution >= 4 is 23.3 Å². The first kappa shape index (κ1) is 12.6. The molecule has 0 bridgehead atoms. The van der Waals surface area contributed by atoms with Gasteiger partial charge in [0.05, 0.1) is 24.4 Å². The van der Waals surface area contributed by atoms with Gasteiger partial charge in [-0.15, -0.1) is 0 Å². The van der Waals surface area contributed by atoms with E-state index >= 15 is 0 Å². The van der Waals surface area contributed by atoms with E-state index in [9.17, 15) is 4.79 Å². The van der Waals surface area contributed by atoms with Gasteiger partial charge in [-0.2, -0.15) is 0 Å². The molecule has 1 rings (SSSR count). The number of nitrogen functional groups attached to an aromatic ring is 1. The molecule has 0 aliphatic heterocycles. The third-order valence-electron chi connectivity index (χ3n) is 1.85. The van der Waals surface area contributed by atoms with Crippen LogP contribution >= 0.6 is 11.6 Å². The SMILES string of the molecule is COC(=O)c1cc(Cl)c(N)cc1OCCO. The summed E-state index contributed by atoms with van der Waals surface area (Å²) in [6, 6.07) is 2.79. The number of esters is 1. The molecule has 0 aliphatic carbocycles. The second-order valence-electron chi connectivity index (χ2n) is 2.93. The molecule has 0 saturated carbocycles. The molecule has 0 aliphatic rings. The lowest BCUT2D eigenvalue weighted by Gasteiger charge is -2.11. The normalized spacial score (nSPS) is 9.94. The van der Waals surface area contributed by atoms with Crippen LogP contribution in [0.25, 0.3) is 0 Å². The van der Waals surface area contributed by atoms with Crippen LogP contribution < -0.4 is 10.5 Å². The smallest absolute Gasteiger partial charge is 0.341 e. The Morgan fingerprint density at radius 1 is 1.56 bits per heavy atom. The number of carbonyl (C=O) groups excluding carboxylic acids is 1. The number of methoxy groups -OCH3 is 1. The van der Waals surface area contributed by atoms with Gasteiger partial charge in [-0.1, -0.05) is 11.6 Å². The third kappa shape index (κ3) is 2.77. The maximum Gasteiger partial charge on any atom is 0.341 e. The van der Waals surface area contributed by atoms with E-state index in [1.807, 2.05) is 0 Å². The van der Waals surface area contributed by atoms with E-state index in [2.05, 4.69) is 4.74 Å².